The van der Waals surface area contributed by atoms with Crippen LogP contribution in [-0.4, -0.2) is 16.2 Å². The summed E-state index contributed by atoms with van der Waals surface area (Å²) in [6.45, 7) is 9.50. The molecule has 0 spiro atoms. The first-order valence-corrected chi connectivity index (χ1v) is 13.3. The molecule has 182 valence electrons. The number of benzene rings is 1. The monoisotopic (exact) mass is 451 g/mol. The van der Waals surface area contributed by atoms with Gasteiger partial charge in [0.15, 0.2) is 0 Å². The van der Waals surface area contributed by atoms with Gasteiger partial charge in [-0.3, -0.25) is 4.98 Å². The lowest BCUT2D eigenvalue weighted by atomic mass is 9.84. The van der Waals surface area contributed by atoms with Gasteiger partial charge in [0.2, 0.25) is 0 Å². The molecule has 0 fully saturated rings. The summed E-state index contributed by atoms with van der Waals surface area (Å²) in [4.78, 5) is 4.71. The van der Waals surface area contributed by atoms with Gasteiger partial charge in [-0.2, -0.15) is 0 Å². The van der Waals surface area contributed by atoms with E-state index >= 15 is 0 Å². The third-order valence-electron chi connectivity index (χ3n) is 7.38. The maximum atomic E-state index is 9.79. The zero-order chi connectivity index (χ0) is 23.6. The average Bonchev–Trinajstić information content (AvgIpc) is 2.79. The molecule has 0 saturated carbocycles. The molecule has 0 bridgehead atoms. The highest BCUT2D eigenvalue weighted by Gasteiger charge is 2.30. The molecule has 1 aliphatic rings. The van der Waals surface area contributed by atoms with Gasteiger partial charge in [-0.1, -0.05) is 72.3 Å². The minimum absolute atomic E-state index is 0.144. The molecule has 4 unspecified atom stereocenters. The zero-order valence-corrected chi connectivity index (χ0v) is 21.3. The number of phenolic OH excluding ortho intramolecular Hbond substituents is 1. The van der Waals surface area contributed by atoms with Gasteiger partial charge >= 0.3 is 0 Å². The Balaban J connectivity index is 1.50. The van der Waals surface area contributed by atoms with Gasteiger partial charge in [0, 0.05) is 17.8 Å². The number of phenols is 1. The lowest BCUT2D eigenvalue weighted by Crippen LogP contribution is -2.30. The topological polar surface area (TPSA) is 42.4 Å². The molecule has 1 aliphatic heterocycles. The summed E-state index contributed by atoms with van der Waals surface area (Å²) < 4.78 is 6.45. The van der Waals surface area contributed by atoms with Gasteiger partial charge in [-0.25, -0.2) is 0 Å². The fourth-order valence-corrected chi connectivity index (χ4v) is 5.24. The van der Waals surface area contributed by atoms with Crippen LogP contribution in [0.4, 0.5) is 0 Å². The molecule has 4 atom stereocenters. The summed E-state index contributed by atoms with van der Waals surface area (Å²) in [5.74, 6) is 3.97. The predicted molar refractivity (Wildman–Crippen MR) is 138 cm³/mol. The summed E-state index contributed by atoms with van der Waals surface area (Å²) >= 11 is 0. The highest BCUT2D eigenvalue weighted by atomic mass is 16.5. The van der Waals surface area contributed by atoms with Crippen molar-refractivity contribution in [1.82, 2.24) is 4.98 Å². The predicted octanol–water partition coefficient (Wildman–Crippen LogP) is 8.31. The van der Waals surface area contributed by atoms with Crippen LogP contribution in [0, 0.1) is 17.8 Å². The second kappa shape index (κ2) is 13.0. The number of aromatic nitrogens is 1. The Labute approximate surface area is 202 Å². The first kappa shape index (κ1) is 25.6. The number of aromatic hydroxyl groups is 1. The van der Waals surface area contributed by atoms with E-state index in [1.54, 1.807) is 6.07 Å². The van der Waals surface area contributed by atoms with Crippen LogP contribution in [0.3, 0.4) is 0 Å². The van der Waals surface area contributed by atoms with Crippen molar-refractivity contribution in [3.8, 4) is 11.5 Å². The van der Waals surface area contributed by atoms with Gasteiger partial charge in [-0.05, 0) is 79.3 Å². The van der Waals surface area contributed by atoms with Crippen LogP contribution in [0.25, 0.3) is 0 Å². The van der Waals surface area contributed by atoms with Crippen LogP contribution in [0.5, 0.6) is 11.5 Å². The van der Waals surface area contributed by atoms with Gasteiger partial charge < -0.3 is 9.84 Å². The fourth-order valence-electron chi connectivity index (χ4n) is 5.24. The fraction of sp³-hybridized carbons (Fsp3) is 0.633. The second-order valence-corrected chi connectivity index (χ2v) is 10.9. The third-order valence-corrected chi connectivity index (χ3v) is 7.38. The average molecular weight is 452 g/mol. The van der Waals surface area contributed by atoms with Crippen LogP contribution >= 0.6 is 0 Å². The number of fused-ring (bicyclic) bond motifs is 1. The molecule has 0 radical (unpaired) electrons. The van der Waals surface area contributed by atoms with E-state index in [1.807, 2.05) is 24.4 Å². The highest BCUT2D eigenvalue weighted by Crippen LogP contribution is 2.37. The first-order valence-electron chi connectivity index (χ1n) is 13.3. The zero-order valence-electron chi connectivity index (χ0n) is 21.3. The van der Waals surface area contributed by atoms with E-state index in [2.05, 4.69) is 39.8 Å². The second-order valence-electron chi connectivity index (χ2n) is 10.9. The number of hydrogen-bond donors (Lipinski definition) is 1. The molecule has 0 saturated heterocycles. The Bertz CT molecular complexity index is 819. The van der Waals surface area contributed by atoms with Gasteiger partial charge in [0.05, 0.1) is 0 Å². The van der Waals surface area contributed by atoms with Crippen molar-refractivity contribution < 1.29 is 9.84 Å². The molecule has 33 heavy (non-hydrogen) atoms. The summed E-state index contributed by atoms with van der Waals surface area (Å²) in [6.07, 6.45) is 14.4. The molecule has 1 N–H and O–H groups in total. The van der Waals surface area contributed by atoms with Crippen molar-refractivity contribution in [2.24, 2.45) is 17.8 Å². The molecule has 1 aromatic heterocycles. The van der Waals surface area contributed by atoms with Crippen molar-refractivity contribution in [1.29, 1.82) is 0 Å². The lowest BCUT2D eigenvalue weighted by molar-refractivity contribution is 0.134. The Morgan fingerprint density at radius 1 is 0.909 bits per heavy atom. The van der Waals surface area contributed by atoms with Crippen LogP contribution in [0.15, 0.2) is 42.6 Å². The maximum absolute atomic E-state index is 9.79. The SMILES string of the molecule is CC(C)CCCC(C)CCCC(C)CCC(c1ccccn1)C1CCc2cc(O)ccc2O1. The van der Waals surface area contributed by atoms with E-state index in [9.17, 15) is 5.11 Å². The molecule has 3 rings (SSSR count). The Kier molecular flexibility index (Phi) is 10.1. The number of pyridine rings is 1. The molecule has 1 aromatic carbocycles. The molecular weight excluding hydrogens is 406 g/mol. The molecule has 2 heterocycles. The van der Waals surface area contributed by atoms with Crippen LogP contribution in [0.2, 0.25) is 0 Å². The number of rotatable bonds is 13. The van der Waals surface area contributed by atoms with E-state index in [-0.39, 0.29) is 6.10 Å². The van der Waals surface area contributed by atoms with Crippen molar-refractivity contribution in [2.45, 2.75) is 104 Å². The standard InChI is InChI=1S/C30H45NO2/c1-22(2)9-7-10-23(3)11-8-12-24(4)14-17-27(28-13-5-6-20-31-28)30-18-15-25-21-26(32)16-19-29(25)33-30/h5-6,13,16,19-24,27,30,32H,7-12,14-15,17-18H2,1-4H3. The summed E-state index contributed by atoms with van der Waals surface area (Å²) in [5, 5.41) is 9.79. The maximum Gasteiger partial charge on any atom is 0.123 e. The van der Waals surface area contributed by atoms with E-state index in [0.717, 1.165) is 54.0 Å². The Morgan fingerprint density at radius 3 is 2.33 bits per heavy atom. The van der Waals surface area contributed by atoms with Gasteiger partial charge in [-0.15, -0.1) is 0 Å². The highest BCUT2D eigenvalue weighted by molar-refractivity contribution is 5.41. The summed E-state index contributed by atoms with van der Waals surface area (Å²) in [6, 6.07) is 11.7. The molecule has 3 nitrogen and oxygen atoms in total. The van der Waals surface area contributed by atoms with E-state index in [1.165, 1.54) is 44.9 Å². The van der Waals surface area contributed by atoms with Crippen LogP contribution < -0.4 is 4.74 Å². The molecule has 0 amide bonds. The molecule has 0 aliphatic carbocycles. The number of aryl methyl sites for hydroxylation is 1. The number of ether oxygens (including phenoxy) is 1. The van der Waals surface area contributed by atoms with E-state index in [0.29, 0.717) is 11.7 Å². The smallest absolute Gasteiger partial charge is 0.123 e. The minimum atomic E-state index is 0.144. The largest absolute Gasteiger partial charge is 0.508 e. The van der Waals surface area contributed by atoms with Crippen molar-refractivity contribution >= 4 is 0 Å². The van der Waals surface area contributed by atoms with E-state index in [4.69, 9.17) is 9.72 Å². The quantitative estimate of drug-likeness (QED) is 0.333. The van der Waals surface area contributed by atoms with Crippen LogP contribution in [0.1, 0.15) is 103 Å². The molecular formula is C30H45NO2. The van der Waals surface area contributed by atoms with Gasteiger partial charge in [0.25, 0.3) is 0 Å². The Morgan fingerprint density at radius 2 is 1.64 bits per heavy atom. The first-order chi connectivity index (χ1) is 15.9. The van der Waals surface area contributed by atoms with Crippen molar-refractivity contribution in [3.05, 3.63) is 53.9 Å². The summed E-state index contributed by atoms with van der Waals surface area (Å²) in [5.41, 5.74) is 2.26. The molecule has 2 aromatic rings. The van der Waals surface area contributed by atoms with Crippen molar-refractivity contribution in [3.63, 3.8) is 0 Å². The minimum Gasteiger partial charge on any atom is -0.508 e. The lowest BCUT2D eigenvalue weighted by Gasteiger charge is -2.32. The Hall–Kier alpha value is -2.03. The third kappa shape index (κ3) is 8.36. The summed E-state index contributed by atoms with van der Waals surface area (Å²) in [7, 11) is 0. The normalized spacial score (nSPS) is 18.4. The van der Waals surface area contributed by atoms with Crippen LogP contribution in [-0.2, 0) is 6.42 Å². The number of hydrogen-bond acceptors (Lipinski definition) is 3. The van der Waals surface area contributed by atoms with E-state index < -0.39 is 0 Å². The van der Waals surface area contributed by atoms with Crippen molar-refractivity contribution in [2.75, 3.05) is 0 Å². The van der Waals surface area contributed by atoms with Gasteiger partial charge in [0.1, 0.15) is 17.6 Å². The molecule has 3 heteroatoms. The number of nitrogens with zero attached hydrogens (tertiary/aromatic N) is 1.